The Hall–Kier alpha value is -3.01. The average Bonchev–Trinajstić information content (AvgIpc) is 3.13. The van der Waals surface area contributed by atoms with E-state index in [1.807, 2.05) is 19.9 Å². The van der Waals surface area contributed by atoms with Crippen molar-refractivity contribution in [1.82, 2.24) is 25.1 Å². The summed E-state index contributed by atoms with van der Waals surface area (Å²) < 4.78 is 12.0. The highest BCUT2D eigenvalue weighted by molar-refractivity contribution is 7.99. The predicted octanol–water partition coefficient (Wildman–Crippen LogP) is 1.72. The number of aromatic amines is 1. The molecule has 9 nitrogen and oxygen atoms in total. The molecule has 0 bridgehead atoms. The minimum atomic E-state index is -0.366. The maximum absolute atomic E-state index is 12.2. The molecule has 2 aromatic heterocycles. The summed E-state index contributed by atoms with van der Waals surface area (Å²) in [6.07, 6.45) is 0. The Kier molecular flexibility index (Phi) is 5.88. The van der Waals surface area contributed by atoms with Gasteiger partial charge in [-0.05, 0) is 38.1 Å². The largest absolute Gasteiger partial charge is 0.493 e. The summed E-state index contributed by atoms with van der Waals surface area (Å²) in [5.74, 6) is 1.21. The number of benzene rings is 1. The van der Waals surface area contributed by atoms with E-state index < -0.39 is 0 Å². The zero-order valence-electron chi connectivity index (χ0n) is 16.0. The van der Waals surface area contributed by atoms with E-state index in [9.17, 15) is 9.59 Å². The van der Waals surface area contributed by atoms with Crippen molar-refractivity contribution in [3.63, 3.8) is 0 Å². The van der Waals surface area contributed by atoms with Gasteiger partial charge < -0.3 is 14.8 Å². The minimum Gasteiger partial charge on any atom is -0.493 e. The summed E-state index contributed by atoms with van der Waals surface area (Å²) in [6.45, 7) is 3.78. The van der Waals surface area contributed by atoms with E-state index in [2.05, 4.69) is 20.6 Å². The summed E-state index contributed by atoms with van der Waals surface area (Å²) in [5.41, 5.74) is 1.31. The second-order valence-electron chi connectivity index (χ2n) is 6.24. The van der Waals surface area contributed by atoms with Crippen molar-refractivity contribution in [1.29, 1.82) is 0 Å². The number of nitrogens with zero attached hydrogens (tertiary/aromatic N) is 3. The van der Waals surface area contributed by atoms with Crippen molar-refractivity contribution in [2.75, 3.05) is 20.0 Å². The van der Waals surface area contributed by atoms with Gasteiger partial charge in [0, 0.05) is 11.6 Å². The second kappa shape index (κ2) is 8.34. The molecule has 3 aromatic rings. The molecule has 0 fully saturated rings. The maximum Gasteiger partial charge on any atom is 0.290 e. The van der Waals surface area contributed by atoms with Gasteiger partial charge in [-0.3, -0.25) is 9.59 Å². The third kappa shape index (κ3) is 4.11. The lowest BCUT2D eigenvalue weighted by Gasteiger charge is -2.08. The third-order valence-corrected chi connectivity index (χ3v) is 4.77. The van der Waals surface area contributed by atoms with Crippen molar-refractivity contribution in [3.8, 4) is 22.8 Å². The number of amides is 1. The number of H-pyrrole nitrogens is 1. The van der Waals surface area contributed by atoms with Crippen LogP contribution in [0.5, 0.6) is 11.5 Å². The molecule has 1 amide bonds. The van der Waals surface area contributed by atoms with Gasteiger partial charge in [-0.25, -0.2) is 9.61 Å². The fourth-order valence-electron chi connectivity index (χ4n) is 2.62. The van der Waals surface area contributed by atoms with E-state index in [0.717, 1.165) is 5.56 Å². The Bertz CT molecular complexity index is 1060. The second-order valence-corrected chi connectivity index (χ2v) is 7.19. The summed E-state index contributed by atoms with van der Waals surface area (Å²) >= 11 is 1.19. The average molecular weight is 403 g/mol. The molecule has 2 N–H and O–H groups in total. The number of methoxy groups -OCH3 is 2. The van der Waals surface area contributed by atoms with Crippen LogP contribution in [0.4, 0.5) is 0 Å². The maximum atomic E-state index is 12.2. The first-order chi connectivity index (χ1) is 13.4. The van der Waals surface area contributed by atoms with Crippen LogP contribution in [-0.2, 0) is 4.79 Å². The van der Waals surface area contributed by atoms with Crippen molar-refractivity contribution in [2.24, 2.45) is 0 Å². The molecule has 0 saturated heterocycles. The van der Waals surface area contributed by atoms with Gasteiger partial charge in [0.2, 0.25) is 11.1 Å². The van der Waals surface area contributed by atoms with E-state index in [0.29, 0.717) is 27.9 Å². The number of rotatable bonds is 7. The van der Waals surface area contributed by atoms with E-state index in [1.54, 1.807) is 32.4 Å². The molecule has 28 heavy (non-hydrogen) atoms. The summed E-state index contributed by atoms with van der Waals surface area (Å²) in [7, 11) is 3.11. The van der Waals surface area contributed by atoms with Gasteiger partial charge in [0.25, 0.3) is 5.56 Å². The number of nitrogens with one attached hydrogen (secondary N) is 2. The fraction of sp³-hybridized carbons (Fsp3) is 0.333. The molecule has 2 heterocycles. The Morgan fingerprint density at radius 2 is 2.00 bits per heavy atom. The highest BCUT2D eigenvalue weighted by Gasteiger charge is 2.15. The van der Waals surface area contributed by atoms with Crippen LogP contribution in [-0.4, -0.2) is 51.7 Å². The van der Waals surface area contributed by atoms with Crippen LogP contribution in [0, 0.1) is 0 Å². The number of carbonyl (C=O) groups excluding carboxylic acids is 1. The minimum absolute atomic E-state index is 0.0537. The first-order valence-electron chi connectivity index (χ1n) is 8.56. The van der Waals surface area contributed by atoms with Gasteiger partial charge in [0.15, 0.2) is 11.5 Å². The number of aromatic nitrogens is 4. The van der Waals surface area contributed by atoms with E-state index in [1.165, 1.54) is 16.3 Å². The fourth-order valence-corrected chi connectivity index (χ4v) is 3.33. The molecule has 0 radical (unpaired) electrons. The highest BCUT2D eigenvalue weighted by atomic mass is 32.2. The van der Waals surface area contributed by atoms with Crippen molar-refractivity contribution < 1.29 is 14.3 Å². The molecule has 0 aliphatic rings. The van der Waals surface area contributed by atoms with Crippen LogP contribution in [0.3, 0.4) is 0 Å². The lowest BCUT2D eigenvalue weighted by Crippen LogP contribution is -2.31. The molecule has 1 aromatic carbocycles. The quantitative estimate of drug-likeness (QED) is 0.578. The molecule has 0 unspecified atom stereocenters. The van der Waals surface area contributed by atoms with Crippen molar-refractivity contribution in [2.45, 2.75) is 25.0 Å². The normalized spacial score (nSPS) is 11.0. The first kappa shape index (κ1) is 19.7. The van der Waals surface area contributed by atoms with Crippen molar-refractivity contribution >= 4 is 23.2 Å². The lowest BCUT2D eigenvalue weighted by atomic mass is 10.1. The van der Waals surface area contributed by atoms with Gasteiger partial charge in [-0.15, -0.1) is 5.10 Å². The zero-order valence-corrected chi connectivity index (χ0v) is 16.8. The van der Waals surface area contributed by atoms with Crippen LogP contribution in [0.2, 0.25) is 0 Å². The van der Waals surface area contributed by atoms with Crippen LogP contribution < -0.4 is 20.3 Å². The van der Waals surface area contributed by atoms with Gasteiger partial charge >= 0.3 is 0 Å². The number of ether oxygens (including phenoxy) is 2. The number of hydrogen-bond acceptors (Lipinski definition) is 7. The molecule has 10 heteroatoms. The van der Waals surface area contributed by atoms with Gasteiger partial charge in [0.1, 0.15) is 5.52 Å². The molecular weight excluding hydrogens is 382 g/mol. The van der Waals surface area contributed by atoms with Gasteiger partial charge in [-0.1, -0.05) is 11.8 Å². The topological polar surface area (TPSA) is 111 Å². The standard InChI is InChI=1S/C18H21N5O4S/c1-10(2)19-16(24)9-28-18-21-20-17(25)13-8-12(22-23(13)18)11-5-6-14(26-3)15(7-11)27-4/h5-8,10H,9H2,1-4H3,(H,19,24)(H,20,25). The van der Waals surface area contributed by atoms with E-state index in [-0.39, 0.29) is 23.3 Å². The number of fused-ring (bicyclic) bond motifs is 1. The number of thioether (sulfide) groups is 1. The van der Waals surface area contributed by atoms with Crippen LogP contribution in [0.25, 0.3) is 16.8 Å². The highest BCUT2D eigenvalue weighted by Crippen LogP contribution is 2.32. The lowest BCUT2D eigenvalue weighted by molar-refractivity contribution is -0.119. The Labute approximate surface area is 165 Å². The summed E-state index contributed by atoms with van der Waals surface area (Å²) in [4.78, 5) is 24.1. The van der Waals surface area contributed by atoms with Gasteiger partial charge in [-0.2, -0.15) is 5.10 Å². The predicted molar refractivity (Wildman–Crippen MR) is 106 cm³/mol. The van der Waals surface area contributed by atoms with Crippen LogP contribution in [0.15, 0.2) is 34.2 Å². The molecular formula is C18H21N5O4S. The molecule has 0 aliphatic heterocycles. The first-order valence-corrected chi connectivity index (χ1v) is 9.54. The molecule has 148 valence electrons. The number of carbonyl (C=O) groups is 1. The van der Waals surface area contributed by atoms with E-state index in [4.69, 9.17) is 9.47 Å². The Morgan fingerprint density at radius 3 is 2.68 bits per heavy atom. The van der Waals surface area contributed by atoms with Gasteiger partial charge in [0.05, 0.1) is 25.7 Å². The smallest absolute Gasteiger partial charge is 0.290 e. The van der Waals surface area contributed by atoms with Crippen LogP contribution in [0.1, 0.15) is 13.8 Å². The Morgan fingerprint density at radius 1 is 1.25 bits per heavy atom. The Balaban J connectivity index is 1.96. The molecule has 0 atom stereocenters. The van der Waals surface area contributed by atoms with Crippen LogP contribution >= 0.6 is 11.8 Å². The summed E-state index contributed by atoms with van der Waals surface area (Å²) in [5, 5.41) is 14.2. The van der Waals surface area contributed by atoms with E-state index >= 15 is 0 Å². The number of hydrogen-bond donors (Lipinski definition) is 2. The molecule has 0 aliphatic carbocycles. The third-order valence-electron chi connectivity index (χ3n) is 3.84. The molecule has 0 spiro atoms. The SMILES string of the molecule is COc1ccc(-c2cc3c(=O)[nH]nc(SCC(=O)NC(C)C)n3n2)cc1OC. The molecule has 0 saturated carbocycles. The zero-order chi connectivity index (χ0) is 20.3. The van der Waals surface area contributed by atoms with Crippen molar-refractivity contribution in [3.05, 3.63) is 34.6 Å². The molecule has 3 rings (SSSR count). The summed E-state index contributed by atoms with van der Waals surface area (Å²) in [6, 6.07) is 7.10. The monoisotopic (exact) mass is 403 g/mol.